The molecule has 0 spiro atoms. The smallest absolute Gasteiger partial charge is 0.273 e. The normalized spacial score (nSPS) is 12.9. The SMILES string of the molecule is N#CC(C#N)=c1sc(=Cc2ccccc2F)c(=O)n1-c1ccc2c(c1)OCCO2. The molecule has 6 nitrogen and oxygen atoms in total. The van der Waals surface area contributed by atoms with Crippen LogP contribution in [-0.4, -0.2) is 17.8 Å². The third-order valence-corrected chi connectivity index (χ3v) is 5.33. The number of aromatic nitrogens is 1. The van der Waals surface area contributed by atoms with Crippen LogP contribution in [-0.2, 0) is 0 Å². The summed E-state index contributed by atoms with van der Waals surface area (Å²) in [6.45, 7) is 0.806. The molecular formula is C21H12FN3O3S. The summed E-state index contributed by atoms with van der Waals surface area (Å²) in [6.07, 6.45) is 1.41. The molecule has 0 saturated heterocycles. The molecule has 0 N–H and O–H groups in total. The lowest BCUT2D eigenvalue weighted by Gasteiger charge is -2.18. The first-order valence-electron chi connectivity index (χ1n) is 8.55. The number of fused-ring (bicyclic) bond motifs is 1. The molecule has 0 amide bonds. The maximum Gasteiger partial charge on any atom is 0.273 e. The molecule has 0 aliphatic carbocycles. The largest absolute Gasteiger partial charge is 0.486 e. The van der Waals surface area contributed by atoms with E-state index in [0.717, 1.165) is 11.3 Å². The van der Waals surface area contributed by atoms with Crippen LogP contribution in [0.1, 0.15) is 5.56 Å². The van der Waals surface area contributed by atoms with Crippen molar-refractivity contribution in [3.63, 3.8) is 0 Å². The molecule has 0 atom stereocenters. The summed E-state index contributed by atoms with van der Waals surface area (Å²) >= 11 is 0.953. The number of hydrogen-bond donors (Lipinski definition) is 0. The molecule has 0 unspecified atom stereocenters. The molecule has 3 aromatic rings. The Labute approximate surface area is 168 Å². The van der Waals surface area contributed by atoms with Crippen LogP contribution in [0.5, 0.6) is 11.5 Å². The molecule has 1 aromatic heterocycles. The second-order valence-corrected chi connectivity index (χ2v) is 7.04. The Hall–Kier alpha value is -3.88. The Bertz CT molecular complexity index is 1360. The molecule has 0 saturated carbocycles. The van der Waals surface area contributed by atoms with Gasteiger partial charge < -0.3 is 9.47 Å². The van der Waals surface area contributed by atoms with Gasteiger partial charge in [-0.2, -0.15) is 10.5 Å². The number of nitriles is 2. The zero-order valence-corrected chi connectivity index (χ0v) is 15.7. The Morgan fingerprint density at radius 1 is 1.10 bits per heavy atom. The lowest BCUT2D eigenvalue weighted by Crippen LogP contribution is -2.30. The van der Waals surface area contributed by atoms with Crippen molar-refractivity contribution in [1.82, 2.24) is 4.57 Å². The van der Waals surface area contributed by atoms with E-state index >= 15 is 0 Å². The third-order valence-electron chi connectivity index (χ3n) is 4.24. The van der Waals surface area contributed by atoms with Crippen LogP contribution in [0.15, 0.2) is 47.3 Å². The summed E-state index contributed by atoms with van der Waals surface area (Å²) in [4.78, 5) is 13.1. The molecule has 0 bridgehead atoms. The molecule has 2 aromatic carbocycles. The molecule has 4 rings (SSSR count). The van der Waals surface area contributed by atoms with Gasteiger partial charge in [0, 0.05) is 11.6 Å². The molecule has 8 heteroatoms. The van der Waals surface area contributed by atoms with E-state index in [0.29, 0.717) is 30.4 Å². The molecule has 142 valence electrons. The number of benzene rings is 2. The molecular weight excluding hydrogens is 393 g/mol. The van der Waals surface area contributed by atoms with Crippen LogP contribution in [0.2, 0.25) is 0 Å². The van der Waals surface area contributed by atoms with Gasteiger partial charge in [-0.05, 0) is 24.3 Å². The lowest BCUT2D eigenvalue weighted by molar-refractivity contribution is 0.171. The quantitative estimate of drug-likeness (QED) is 0.649. The van der Waals surface area contributed by atoms with Gasteiger partial charge in [-0.25, -0.2) is 4.39 Å². The summed E-state index contributed by atoms with van der Waals surface area (Å²) < 4.78 is 26.7. The zero-order chi connectivity index (χ0) is 20.4. The fourth-order valence-corrected chi connectivity index (χ4v) is 3.96. The van der Waals surface area contributed by atoms with E-state index in [9.17, 15) is 19.7 Å². The van der Waals surface area contributed by atoms with Gasteiger partial charge in [0.1, 0.15) is 35.8 Å². The highest BCUT2D eigenvalue weighted by Gasteiger charge is 2.16. The van der Waals surface area contributed by atoms with Gasteiger partial charge in [-0.3, -0.25) is 9.36 Å². The van der Waals surface area contributed by atoms with E-state index in [2.05, 4.69) is 0 Å². The Kier molecular flexibility index (Phi) is 4.86. The van der Waals surface area contributed by atoms with E-state index in [1.165, 1.54) is 16.7 Å². The first-order valence-corrected chi connectivity index (χ1v) is 9.36. The highest BCUT2D eigenvalue weighted by molar-refractivity contribution is 7.07. The highest BCUT2D eigenvalue weighted by atomic mass is 32.1. The predicted molar refractivity (Wildman–Crippen MR) is 105 cm³/mol. The summed E-state index contributed by atoms with van der Waals surface area (Å²) in [6, 6.07) is 14.6. The fourth-order valence-electron chi connectivity index (χ4n) is 2.91. The Balaban J connectivity index is 2.02. The minimum Gasteiger partial charge on any atom is -0.486 e. The van der Waals surface area contributed by atoms with Crippen molar-refractivity contribution in [3.8, 4) is 29.3 Å². The Morgan fingerprint density at radius 2 is 1.83 bits per heavy atom. The molecule has 1 aliphatic rings. The minimum absolute atomic E-state index is 0.166. The summed E-state index contributed by atoms with van der Waals surface area (Å²) in [7, 11) is 0. The fraction of sp³-hybridized carbons (Fsp3) is 0.0952. The van der Waals surface area contributed by atoms with Gasteiger partial charge in [-0.15, -0.1) is 11.3 Å². The number of nitrogens with zero attached hydrogens (tertiary/aromatic N) is 3. The van der Waals surface area contributed by atoms with Gasteiger partial charge in [0.2, 0.25) is 0 Å². The minimum atomic E-state index is -0.475. The summed E-state index contributed by atoms with van der Waals surface area (Å²) in [5.41, 5.74) is -0.0213. The lowest BCUT2D eigenvalue weighted by atomic mass is 10.2. The van der Waals surface area contributed by atoms with Crippen LogP contribution in [0.4, 0.5) is 4.39 Å². The van der Waals surface area contributed by atoms with Gasteiger partial charge in [0.15, 0.2) is 17.1 Å². The first-order chi connectivity index (χ1) is 14.1. The van der Waals surface area contributed by atoms with Gasteiger partial charge in [0.05, 0.1) is 10.2 Å². The Morgan fingerprint density at radius 3 is 2.55 bits per heavy atom. The highest BCUT2D eigenvalue weighted by Crippen LogP contribution is 2.31. The van der Waals surface area contributed by atoms with Crippen molar-refractivity contribution in [2.24, 2.45) is 0 Å². The summed E-state index contributed by atoms with van der Waals surface area (Å²) in [5.74, 6) is 0.540. The summed E-state index contributed by atoms with van der Waals surface area (Å²) in [5, 5.41) is 18.7. The number of thiazole rings is 1. The maximum atomic E-state index is 14.0. The monoisotopic (exact) mass is 405 g/mol. The van der Waals surface area contributed by atoms with Gasteiger partial charge in [-0.1, -0.05) is 18.2 Å². The average Bonchev–Trinajstić information content (AvgIpc) is 3.06. The van der Waals surface area contributed by atoms with Gasteiger partial charge >= 0.3 is 0 Å². The topological polar surface area (TPSA) is 88.0 Å². The number of rotatable bonds is 2. The second kappa shape index (κ2) is 7.63. The first kappa shape index (κ1) is 18.5. The van der Waals surface area contributed by atoms with Crippen LogP contribution in [0.25, 0.3) is 17.3 Å². The van der Waals surface area contributed by atoms with Crippen LogP contribution in [0.3, 0.4) is 0 Å². The van der Waals surface area contributed by atoms with Crippen molar-refractivity contribution >= 4 is 23.0 Å². The standard InChI is InChI=1S/C21H12FN3O3S/c22-16-4-2-1-3-13(16)9-19-20(26)25(21(29-19)14(11-23)12-24)15-5-6-17-18(10-15)28-8-7-27-17/h1-6,9-10H,7-8H2. The van der Waals surface area contributed by atoms with E-state index in [4.69, 9.17) is 9.47 Å². The predicted octanol–water partition coefficient (Wildman–Crippen LogP) is 1.84. The van der Waals surface area contributed by atoms with Crippen LogP contribution in [0, 0.1) is 28.5 Å². The molecule has 0 radical (unpaired) electrons. The molecule has 2 heterocycles. The van der Waals surface area contributed by atoms with E-state index < -0.39 is 11.4 Å². The van der Waals surface area contributed by atoms with Crippen molar-refractivity contribution in [2.45, 2.75) is 0 Å². The van der Waals surface area contributed by atoms with Crippen molar-refractivity contribution in [1.29, 1.82) is 10.5 Å². The second-order valence-electron chi connectivity index (χ2n) is 6.00. The van der Waals surface area contributed by atoms with Crippen molar-refractivity contribution in [3.05, 3.63) is 73.4 Å². The van der Waals surface area contributed by atoms with E-state index in [1.54, 1.807) is 36.4 Å². The van der Waals surface area contributed by atoms with E-state index in [1.807, 2.05) is 12.1 Å². The van der Waals surface area contributed by atoms with E-state index in [-0.39, 0.29) is 20.3 Å². The molecule has 29 heavy (non-hydrogen) atoms. The number of halogens is 1. The number of ether oxygens (including phenoxy) is 2. The third kappa shape index (κ3) is 3.38. The van der Waals surface area contributed by atoms with Gasteiger partial charge in [0.25, 0.3) is 5.56 Å². The van der Waals surface area contributed by atoms with Crippen molar-refractivity contribution in [2.75, 3.05) is 13.2 Å². The maximum absolute atomic E-state index is 14.0. The number of hydrogen-bond acceptors (Lipinski definition) is 6. The van der Waals surface area contributed by atoms with Crippen molar-refractivity contribution < 1.29 is 13.9 Å². The zero-order valence-electron chi connectivity index (χ0n) is 14.9. The molecule has 1 aliphatic heterocycles. The average molecular weight is 405 g/mol. The molecule has 0 fully saturated rings. The van der Waals surface area contributed by atoms with Crippen LogP contribution >= 0.6 is 11.3 Å². The van der Waals surface area contributed by atoms with Crippen LogP contribution < -0.4 is 24.2 Å².